The molecule has 86 valence electrons. The Balaban J connectivity index is 1.57. The lowest BCUT2D eigenvalue weighted by Gasteiger charge is -2.26. The van der Waals surface area contributed by atoms with Gasteiger partial charge in [0.2, 0.25) is 0 Å². The Bertz CT molecular complexity index is 205. The number of nitrogens with one attached hydrogen (secondary N) is 1. The highest BCUT2D eigenvalue weighted by Crippen LogP contribution is 2.45. The number of rotatable bonds is 5. The van der Waals surface area contributed by atoms with E-state index in [-0.39, 0.29) is 0 Å². The third kappa shape index (κ3) is 2.22. The second kappa shape index (κ2) is 4.08. The molecule has 0 saturated heterocycles. The molecule has 0 aromatic heterocycles. The van der Waals surface area contributed by atoms with E-state index in [1.165, 1.54) is 51.4 Å². The topological polar surface area (TPSA) is 12.0 Å². The molecule has 2 atom stereocenters. The largest absolute Gasteiger partial charge is 0.310 e. The molecule has 0 amide bonds. The van der Waals surface area contributed by atoms with Crippen LogP contribution in [0.15, 0.2) is 0 Å². The van der Waals surface area contributed by atoms with Gasteiger partial charge in [-0.3, -0.25) is 0 Å². The quantitative estimate of drug-likeness (QED) is 0.729. The molecule has 1 heteroatoms. The minimum absolute atomic E-state index is 0.876. The molecule has 3 fully saturated rings. The van der Waals surface area contributed by atoms with Gasteiger partial charge in [-0.25, -0.2) is 0 Å². The van der Waals surface area contributed by atoms with Gasteiger partial charge in [0.1, 0.15) is 0 Å². The second-order valence-corrected chi connectivity index (χ2v) is 6.07. The summed E-state index contributed by atoms with van der Waals surface area (Å²) < 4.78 is 0. The first-order chi connectivity index (χ1) is 7.38. The first kappa shape index (κ1) is 10.1. The Morgan fingerprint density at radius 2 is 1.67 bits per heavy atom. The van der Waals surface area contributed by atoms with Crippen LogP contribution in [0.4, 0.5) is 0 Å². The maximum Gasteiger partial charge on any atom is 0.0126 e. The number of hydrogen-bond donors (Lipinski definition) is 1. The first-order valence-electron chi connectivity index (χ1n) is 7.14. The van der Waals surface area contributed by atoms with Gasteiger partial charge in [-0.05, 0) is 56.3 Å². The monoisotopic (exact) mass is 207 g/mol. The van der Waals surface area contributed by atoms with Crippen molar-refractivity contribution in [3.63, 3.8) is 0 Å². The van der Waals surface area contributed by atoms with Gasteiger partial charge in [0, 0.05) is 12.1 Å². The molecule has 15 heavy (non-hydrogen) atoms. The smallest absolute Gasteiger partial charge is 0.0126 e. The predicted molar refractivity (Wildman–Crippen MR) is 63.8 cm³/mol. The van der Waals surface area contributed by atoms with Crippen LogP contribution in [0.3, 0.4) is 0 Å². The van der Waals surface area contributed by atoms with Crippen molar-refractivity contribution in [3.05, 3.63) is 0 Å². The van der Waals surface area contributed by atoms with Crippen molar-refractivity contribution in [1.82, 2.24) is 5.32 Å². The van der Waals surface area contributed by atoms with Crippen molar-refractivity contribution in [1.29, 1.82) is 0 Å². The minimum Gasteiger partial charge on any atom is -0.310 e. The lowest BCUT2D eigenvalue weighted by atomic mass is 9.98. The summed E-state index contributed by atoms with van der Waals surface area (Å²) >= 11 is 0. The standard InChI is InChI=1S/C14H25N/c1-2-10-4-3-5-13(10)15-14(11-6-7-11)12-8-9-12/h10-15H,2-9H2,1H3. The van der Waals surface area contributed by atoms with E-state index in [1.54, 1.807) is 0 Å². The summed E-state index contributed by atoms with van der Waals surface area (Å²) in [6, 6.07) is 1.79. The zero-order chi connectivity index (χ0) is 10.3. The van der Waals surface area contributed by atoms with Crippen LogP contribution < -0.4 is 5.32 Å². The summed E-state index contributed by atoms with van der Waals surface area (Å²) in [5.74, 6) is 3.12. The van der Waals surface area contributed by atoms with Gasteiger partial charge < -0.3 is 5.32 Å². The average molecular weight is 207 g/mol. The molecule has 0 aromatic carbocycles. The van der Waals surface area contributed by atoms with Gasteiger partial charge in [0.05, 0.1) is 0 Å². The summed E-state index contributed by atoms with van der Waals surface area (Å²) in [4.78, 5) is 0. The van der Waals surface area contributed by atoms with E-state index in [0.717, 1.165) is 29.8 Å². The van der Waals surface area contributed by atoms with Crippen molar-refractivity contribution in [3.8, 4) is 0 Å². The zero-order valence-corrected chi connectivity index (χ0v) is 10.0. The van der Waals surface area contributed by atoms with E-state index in [0.29, 0.717) is 0 Å². The molecule has 3 rings (SSSR count). The van der Waals surface area contributed by atoms with Gasteiger partial charge in [-0.15, -0.1) is 0 Å². The van der Waals surface area contributed by atoms with E-state index in [1.807, 2.05) is 0 Å². The highest BCUT2D eigenvalue weighted by atomic mass is 15.0. The lowest BCUT2D eigenvalue weighted by Crippen LogP contribution is -2.42. The third-order valence-electron chi connectivity index (χ3n) is 4.85. The van der Waals surface area contributed by atoms with E-state index >= 15 is 0 Å². The number of hydrogen-bond acceptors (Lipinski definition) is 1. The van der Waals surface area contributed by atoms with Gasteiger partial charge in [0.25, 0.3) is 0 Å². The van der Waals surface area contributed by atoms with Crippen molar-refractivity contribution in [2.24, 2.45) is 17.8 Å². The molecular weight excluding hydrogens is 182 g/mol. The van der Waals surface area contributed by atoms with Crippen LogP contribution in [-0.2, 0) is 0 Å². The Hall–Kier alpha value is -0.0400. The van der Waals surface area contributed by atoms with Crippen molar-refractivity contribution < 1.29 is 0 Å². The van der Waals surface area contributed by atoms with Crippen LogP contribution in [0.5, 0.6) is 0 Å². The molecule has 3 saturated carbocycles. The maximum absolute atomic E-state index is 4.04. The fourth-order valence-corrected chi connectivity index (χ4v) is 3.56. The second-order valence-electron chi connectivity index (χ2n) is 6.07. The zero-order valence-electron chi connectivity index (χ0n) is 10.0. The molecule has 0 spiro atoms. The lowest BCUT2D eigenvalue weighted by molar-refractivity contribution is 0.308. The highest BCUT2D eigenvalue weighted by Gasteiger charge is 2.43. The molecular formula is C14H25N. The molecule has 2 unspecified atom stereocenters. The first-order valence-corrected chi connectivity index (χ1v) is 7.14. The van der Waals surface area contributed by atoms with Gasteiger partial charge in [-0.1, -0.05) is 19.8 Å². The van der Waals surface area contributed by atoms with Crippen LogP contribution >= 0.6 is 0 Å². The Kier molecular flexibility index (Phi) is 2.76. The molecule has 1 nitrogen and oxygen atoms in total. The SMILES string of the molecule is CCC1CCCC1NC(C1CC1)C1CC1. The fourth-order valence-electron chi connectivity index (χ4n) is 3.56. The normalized spacial score (nSPS) is 36.4. The summed E-state index contributed by atoms with van der Waals surface area (Å²) in [6.45, 7) is 2.37. The molecule has 3 aliphatic rings. The van der Waals surface area contributed by atoms with Crippen LogP contribution in [0.1, 0.15) is 58.3 Å². The summed E-state index contributed by atoms with van der Waals surface area (Å²) in [6.07, 6.45) is 11.8. The molecule has 3 aliphatic carbocycles. The molecule has 0 bridgehead atoms. The molecule has 0 heterocycles. The van der Waals surface area contributed by atoms with Gasteiger partial charge in [-0.2, -0.15) is 0 Å². The van der Waals surface area contributed by atoms with Crippen molar-refractivity contribution >= 4 is 0 Å². The molecule has 0 aromatic rings. The van der Waals surface area contributed by atoms with Crippen molar-refractivity contribution in [2.45, 2.75) is 70.4 Å². The maximum atomic E-state index is 4.04. The van der Waals surface area contributed by atoms with Gasteiger partial charge in [0.15, 0.2) is 0 Å². The molecule has 0 radical (unpaired) electrons. The summed E-state index contributed by atoms with van der Waals surface area (Å²) in [5, 5.41) is 4.04. The van der Waals surface area contributed by atoms with E-state index < -0.39 is 0 Å². The van der Waals surface area contributed by atoms with E-state index in [2.05, 4.69) is 12.2 Å². The molecule has 0 aliphatic heterocycles. The fraction of sp³-hybridized carbons (Fsp3) is 1.00. The Labute approximate surface area is 94.0 Å². The summed E-state index contributed by atoms with van der Waals surface area (Å²) in [5.41, 5.74) is 0. The Morgan fingerprint density at radius 1 is 1.00 bits per heavy atom. The van der Waals surface area contributed by atoms with E-state index in [9.17, 15) is 0 Å². The van der Waals surface area contributed by atoms with Crippen LogP contribution in [0, 0.1) is 17.8 Å². The summed E-state index contributed by atoms with van der Waals surface area (Å²) in [7, 11) is 0. The van der Waals surface area contributed by atoms with Crippen LogP contribution in [-0.4, -0.2) is 12.1 Å². The minimum atomic E-state index is 0.876. The average Bonchev–Trinajstić information content (AvgIpc) is 3.14. The van der Waals surface area contributed by atoms with Gasteiger partial charge >= 0.3 is 0 Å². The Morgan fingerprint density at radius 3 is 2.20 bits per heavy atom. The van der Waals surface area contributed by atoms with Crippen molar-refractivity contribution in [2.75, 3.05) is 0 Å². The van der Waals surface area contributed by atoms with Crippen LogP contribution in [0.25, 0.3) is 0 Å². The molecule has 1 N–H and O–H groups in total. The highest BCUT2D eigenvalue weighted by molar-refractivity contribution is 4.99. The van der Waals surface area contributed by atoms with Crippen LogP contribution in [0.2, 0.25) is 0 Å². The predicted octanol–water partition coefficient (Wildman–Crippen LogP) is 3.34. The van der Waals surface area contributed by atoms with E-state index in [4.69, 9.17) is 0 Å². The third-order valence-corrected chi connectivity index (χ3v) is 4.85.